The predicted molar refractivity (Wildman–Crippen MR) is 74.0 cm³/mol. The molecule has 0 bridgehead atoms. The van der Waals surface area contributed by atoms with E-state index >= 15 is 0 Å². The number of hydrogen-bond acceptors (Lipinski definition) is 4. The second-order valence-electron chi connectivity index (χ2n) is 4.30. The Morgan fingerprint density at radius 1 is 1.27 bits per heavy atom. The molecule has 22 heavy (non-hydrogen) atoms. The third-order valence-corrected chi connectivity index (χ3v) is 3.85. The van der Waals surface area contributed by atoms with Gasteiger partial charge in [0.05, 0.1) is 31.2 Å². The molecule has 1 N–H and O–H groups in total. The highest BCUT2D eigenvalue weighted by atomic mass is 32.2. The average Bonchev–Trinajstić information content (AvgIpc) is 2.41. The topological polar surface area (TPSA) is 75.7 Å². The molecular weight excluding hydrogens is 325 g/mol. The van der Waals surface area contributed by atoms with Crippen molar-refractivity contribution in [1.29, 1.82) is 0 Å². The summed E-state index contributed by atoms with van der Waals surface area (Å²) in [7, 11) is -2.56. The first-order valence-electron chi connectivity index (χ1n) is 6.02. The molecule has 0 saturated carbocycles. The van der Waals surface area contributed by atoms with Gasteiger partial charge in [-0.05, 0) is 24.3 Å². The molecule has 0 radical (unpaired) electrons. The van der Waals surface area contributed by atoms with Crippen molar-refractivity contribution in [2.75, 3.05) is 30.8 Å². The summed E-state index contributed by atoms with van der Waals surface area (Å²) in [4.78, 5) is 10.9. The lowest BCUT2D eigenvalue weighted by Crippen LogP contribution is -2.38. The molecule has 124 valence electrons. The molecule has 0 saturated heterocycles. The molecule has 0 fully saturated rings. The van der Waals surface area contributed by atoms with E-state index in [4.69, 9.17) is 0 Å². The third kappa shape index (κ3) is 5.10. The molecule has 1 amide bonds. The molecule has 1 aromatic rings. The van der Waals surface area contributed by atoms with E-state index in [2.05, 4.69) is 10.1 Å². The van der Waals surface area contributed by atoms with E-state index in [1.807, 2.05) is 0 Å². The monoisotopic (exact) mass is 340 g/mol. The van der Waals surface area contributed by atoms with Gasteiger partial charge in [0, 0.05) is 6.54 Å². The van der Waals surface area contributed by atoms with Crippen LogP contribution >= 0.6 is 0 Å². The number of amides is 1. The molecule has 1 aromatic carbocycles. The first-order valence-corrected chi connectivity index (χ1v) is 7.87. The summed E-state index contributed by atoms with van der Waals surface area (Å²) in [5.74, 6) is 0. The maximum Gasteiger partial charge on any atom is 0.416 e. The van der Waals surface area contributed by atoms with Gasteiger partial charge >= 0.3 is 12.3 Å². The Morgan fingerprint density at radius 3 is 2.23 bits per heavy atom. The number of ether oxygens (including phenoxy) is 1. The summed E-state index contributed by atoms with van der Waals surface area (Å²) in [6.45, 7) is -0.194. The number of halogens is 3. The van der Waals surface area contributed by atoms with Gasteiger partial charge in [0.2, 0.25) is 10.0 Å². The predicted octanol–water partition coefficient (Wildman–Crippen LogP) is 1.83. The highest BCUT2D eigenvalue weighted by Gasteiger charge is 2.30. The number of benzene rings is 1. The van der Waals surface area contributed by atoms with E-state index in [1.54, 1.807) is 0 Å². The molecule has 0 aliphatic heterocycles. The summed E-state index contributed by atoms with van der Waals surface area (Å²) in [6.07, 6.45) is -4.31. The number of carbonyl (C=O) groups is 1. The van der Waals surface area contributed by atoms with Gasteiger partial charge in [-0.2, -0.15) is 13.2 Å². The van der Waals surface area contributed by atoms with E-state index in [0.717, 1.165) is 41.9 Å². The quantitative estimate of drug-likeness (QED) is 0.887. The number of alkyl carbamates (subject to hydrolysis) is 1. The summed E-state index contributed by atoms with van der Waals surface area (Å²) in [5, 5.41) is 2.29. The van der Waals surface area contributed by atoms with Crippen LogP contribution in [0.1, 0.15) is 5.56 Å². The van der Waals surface area contributed by atoms with E-state index in [9.17, 15) is 26.4 Å². The lowest BCUT2D eigenvalue weighted by atomic mass is 10.2. The van der Waals surface area contributed by atoms with Crippen LogP contribution in [0.4, 0.5) is 23.7 Å². The number of rotatable bonds is 5. The van der Waals surface area contributed by atoms with Crippen LogP contribution in [0.5, 0.6) is 0 Å². The Morgan fingerprint density at radius 2 is 1.82 bits per heavy atom. The van der Waals surface area contributed by atoms with E-state index in [1.165, 1.54) is 0 Å². The Bertz CT molecular complexity index is 614. The lowest BCUT2D eigenvalue weighted by molar-refractivity contribution is -0.137. The van der Waals surface area contributed by atoms with Crippen molar-refractivity contribution in [1.82, 2.24) is 5.32 Å². The van der Waals surface area contributed by atoms with Crippen LogP contribution in [0, 0.1) is 0 Å². The summed E-state index contributed by atoms with van der Waals surface area (Å²) >= 11 is 0. The second-order valence-corrected chi connectivity index (χ2v) is 6.20. The SMILES string of the molecule is COC(=O)NCCN(c1ccc(C(F)(F)F)cc1)S(C)(=O)=O. The average molecular weight is 340 g/mol. The molecule has 0 spiro atoms. The Hall–Kier alpha value is -1.97. The van der Waals surface area contributed by atoms with Crippen molar-refractivity contribution in [3.05, 3.63) is 29.8 Å². The van der Waals surface area contributed by atoms with Crippen LogP contribution in [0.25, 0.3) is 0 Å². The summed E-state index contributed by atoms with van der Waals surface area (Å²) in [5.41, 5.74) is -0.806. The molecule has 1 rings (SSSR count). The van der Waals surface area contributed by atoms with Gasteiger partial charge < -0.3 is 10.1 Å². The number of anilines is 1. The number of carbonyl (C=O) groups excluding carboxylic acids is 1. The van der Waals surface area contributed by atoms with Gasteiger partial charge in [-0.25, -0.2) is 13.2 Å². The van der Waals surface area contributed by atoms with Gasteiger partial charge in [-0.3, -0.25) is 4.31 Å². The fourth-order valence-corrected chi connectivity index (χ4v) is 2.56. The summed E-state index contributed by atoms with van der Waals surface area (Å²) < 4.78 is 66.1. The van der Waals surface area contributed by atoms with Crippen molar-refractivity contribution in [3.63, 3.8) is 0 Å². The first kappa shape index (κ1) is 18.1. The Labute approximate surface area is 125 Å². The van der Waals surface area contributed by atoms with Crippen LogP contribution in [-0.2, 0) is 20.9 Å². The number of alkyl halides is 3. The standard InChI is InChI=1S/C12H15F3N2O4S/c1-21-11(18)16-7-8-17(22(2,19)20)10-5-3-9(4-6-10)12(13,14)15/h3-6H,7-8H2,1-2H3,(H,16,18). The molecule has 10 heteroatoms. The molecule has 6 nitrogen and oxygen atoms in total. The van der Waals surface area contributed by atoms with Crippen LogP contribution < -0.4 is 9.62 Å². The van der Waals surface area contributed by atoms with Gasteiger partial charge in [0.15, 0.2) is 0 Å². The van der Waals surface area contributed by atoms with Crippen LogP contribution in [0.2, 0.25) is 0 Å². The van der Waals surface area contributed by atoms with Crippen molar-refractivity contribution in [2.24, 2.45) is 0 Å². The minimum atomic E-state index is -4.50. The first-order chi connectivity index (χ1) is 10.1. The van der Waals surface area contributed by atoms with Gasteiger partial charge in [0.1, 0.15) is 0 Å². The Balaban J connectivity index is 2.91. The van der Waals surface area contributed by atoms with E-state index in [0.29, 0.717) is 0 Å². The minimum Gasteiger partial charge on any atom is -0.453 e. The maximum atomic E-state index is 12.5. The molecule has 0 aromatic heterocycles. The third-order valence-electron chi connectivity index (χ3n) is 2.65. The zero-order chi connectivity index (χ0) is 17.0. The highest BCUT2D eigenvalue weighted by molar-refractivity contribution is 7.92. The van der Waals surface area contributed by atoms with E-state index in [-0.39, 0.29) is 18.8 Å². The molecule has 0 unspecified atom stereocenters. The number of nitrogens with zero attached hydrogens (tertiary/aromatic N) is 1. The molecular formula is C12H15F3N2O4S. The van der Waals surface area contributed by atoms with Gasteiger partial charge in [-0.15, -0.1) is 0 Å². The zero-order valence-electron chi connectivity index (χ0n) is 11.8. The van der Waals surface area contributed by atoms with Crippen LogP contribution in [0.15, 0.2) is 24.3 Å². The number of hydrogen-bond donors (Lipinski definition) is 1. The van der Waals surface area contributed by atoms with Crippen molar-refractivity contribution in [3.8, 4) is 0 Å². The zero-order valence-corrected chi connectivity index (χ0v) is 12.7. The maximum absolute atomic E-state index is 12.5. The molecule has 0 aliphatic carbocycles. The van der Waals surface area contributed by atoms with Gasteiger partial charge in [-0.1, -0.05) is 0 Å². The summed E-state index contributed by atoms with van der Waals surface area (Å²) in [6, 6.07) is 3.70. The number of nitrogens with one attached hydrogen (secondary N) is 1. The number of methoxy groups -OCH3 is 1. The minimum absolute atomic E-state index is 0.0548. The number of sulfonamides is 1. The van der Waals surface area contributed by atoms with Crippen molar-refractivity contribution >= 4 is 21.8 Å². The largest absolute Gasteiger partial charge is 0.453 e. The van der Waals surface area contributed by atoms with Crippen LogP contribution in [-0.4, -0.2) is 41.0 Å². The fraction of sp³-hybridized carbons (Fsp3) is 0.417. The smallest absolute Gasteiger partial charge is 0.416 e. The van der Waals surface area contributed by atoms with Crippen molar-refractivity contribution in [2.45, 2.75) is 6.18 Å². The lowest BCUT2D eigenvalue weighted by Gasteiger charge is -2.22. The molecule has 0 atom stereocenters. The van der Waals surface area contributed by atoms with E-state index < -0.39 is 27.9 Å². The molecule has 0 heterocycles. The normalized spacial score (nSPS) is 11.9. The fourth-order valence-electron chi connectivity index (χ4n) is 1.63. The van der Waals surface area contributed by atoms with Gasteiger partial charge in [0.25, 0.3) is 0 Å². The van der Waals surface area contributed by atoms with Crippen molar-refractivity contribution < 1.29 is 31.1 Å². The second kappa shape index (κ2) is 6.86. The highest BCUT2D eigenvalue weighted by Crippen LogP contribution is 2.30. The molecule has 0 aliphatic rings. The van der Waals surface area contributed by atoms with Crippen LogP contribution in [0.3, 0.4) is 0 Å². The Kier molecular flexibility index (Phi) is 5.64.